The van der Waals surface area contributed by atoms with Gasteiger partial charge in [-0.1, -0.05) is 18.2 Å². The van der Waals surface area contributed by atoms with Crippen molar-refractivity contribution in [1.82, 2.24) is 19.1 Å². The minimum absolute atomic E-state index is 0.203. The van der Waals surface area contributed by atoms with Crippen LogP contribution in [0.2, 0.25) is 0 Å². The van der Waals surface area contributed by atoms with Crippen LogP contribution in [0.4, 0.5) is 5.82 Å². The number of fused-ring (bicyclic) bond motifs is 1. The molecule has 0 unspecified atom stereocenters. The Hall–Kier alpha value is -4.43. The van der Waals surface area contributed by atoms with Gasteiger partial charge < -0.3 is 16.2 Å². The zero-order chi connectivity index (χ0) is 22.1. The van der Waals surface area contributed by atoms with E-state index in [1.54, 1.807) is 36.4 Å². The molecule has 8 heteroatoms. The number of nitrogen functional groups attached to an aromatic ring is 1. The molecule has 0 atom stereocenters. The van der Waals surface area contributed by atoms with Crippen LogP contribution in [-0.4, -0.2) is 19.1 Å². The molecule has 2 aromatic heterocycles. The third-order valence-corrected chi connectivity index (χ3v) is 5.05. The summed E-state index contributed by atoms with van der Waals surface area (Å²) in [5.41, 5.74) is 14.5. The topological polar surface area (TPSA) is 114 Å². The fourth-order valence-corrected chi connectivity index (χ4v) is 3.56. The SMILES string of the molecule is NCc1c[c]cc(-n2c(=O)n(-c3ccc(Oc4ccccc4)cc3)c3c(N)ncnc32)c1. The molecular weight excluding hydrogens is 404 g/mol. The molecule has 157 valence electrons. The van der Waals surface area contributed by atoms with Gasteiger partial charge in [-0.25, -0.2) is 19.3 Å². The minimum atomic E-state index is -0.327. The lowest BCUT2D eigenvalue weighted by Crippen LogP contribution is -2.22. The van der Waals surface area contributed by atoms with E-state index in [9.17, 15) is 4.79 Å². The lowest BCUT2D eigenvalue weighted by Gasteiger charge is -2.08. The smallest absolute Gasteiger partial charge is 0.339 e. The summed E-state index contributed by atoms with van der Waals surface area (Å²) in [5.74, 6) is 1.57. The van der Waals surface area contributed by atoms with Crippen molar-refractivity contribution >= 4 is 17.0 Å². The number of hydrogen-bond acceptors (Lipinski definition) is 6. The second-order valence-corrected chi connectivity index (χ2v) is 7.10. The maximum absolute atomic E-state index is 13.5. The zero-order valence-electron chi connectivity index (χ0n) is 17.0. The van der Waals surface area contributed by atoms with Crippen molar-refractivity contribution in [2.75, 3.05) is 5.73 Å². The highest BCUT2D eigenvalue weighted by Gasteiger charge is 2.20. The van der Waals surface area contributed by atoms with Crippen molar-refractivity contribution < 1.29 is 4.74 Å². The van der Waals surface area contributed by atoms with Crippen LogP contribution in [0.3, 0.4) is 0 Å². The lowest BCUT2D eigenvalue weighted by atomic mass is 10.2. The molecule has 5 rings (SSSR count). The molecule has 32 heavy (non-hydrogen) atoms. The van der Waals surface area contributed by atoms with E-state index < -0.39 is 0 Å². The summed E-state index contributed by atoms with van der Waals surface area (Å²) in [4.78, 5) is 22.0. The summed E-state index contributed by atoms with van der Waals surface area (Å²) in [6.45, 7) is 0.331. The lowest BCUT2D eigenvalue weighted by molar-refractivity contribution is 0.482. The largest absolute Gasteiger partial charge is 0.457 e. The van der Waals surface area contributed by atoms with Crippen molar-refractivity contribution in [1.29, 1.82) is 0 Å². The van der Waals surface area contributed by atoms with Crippen molar-refractivity contribution in [2.45, 2.75) is 6.54 Å². The van der Waals surface area contributed by atoms with E-state index in [1.807, 2.05) is 36.4 Å². The predicted molar refractivity (Wildman–Crippen MR) is 122 cm³/mol. The number of nitrogens with two attached hydrogens (primary N) is 2. The number of hydrogen-bond donors (Lipinski definition) is 2. The van der Waals surface area contributed by atoms with Crippen LogP contribution in [0.5, 0.6) is 11.5 Å². The highest BCUT2D eigenvalue weighted by molar-refractivity contribution is 5.85. The molecule has 0 aliphatic rings. The molecule has 0 aliphatic carbocycles. The molecule has 4 N–H and O–H groups in total. The van der Waals surface area contributed by atoms with Gasteiger partial charge >= 0.3 is 5.69 Å². The summed E-state index contributed by atoms with van der Waals surface area (Å²) >= 11 is 0. The third-order valence-electron chi connectivity index (χ3n) is 5.05. The Bertz CT molecular complexity index is 1460. The standard InChI is InChI=1S/C24H19N6O2/c25-14-16-5-4-6-18(13-16)30-23-21(22(26)27-15-28-23)29(24(30)31)17-9-11-20(12-10-17)32-19-7-2-1-3-8-19/h1-3,5-13,15H,14,25H2,(H2,26,27,28). The van der Waals surface area contributed by atoms with Gasteiger partial charge in [-0.05, 0) is 66.2 Å². The van der Waals surface area contributed by atoms with Gasteiger partial charge in [0.2, 0.25) is 0 Å². The molecule has 5 aromatic rings. The van der Waals surface area contributed by atoms with Crippen LogP contribution in [-0.2, 0) is 6.54 Å². The van der Waals surface area contributed by atoms with Gasteiger partial charge in [-0.15, -0.1) is 0 Å². The number of nitrogens with zero attached hydrogens (tertiary/aromatic N) is 4. The van der Waals surface area contributed by atoms with Crippen molar-refractivity contribution in [3.05, 3.63) is 101 Å². The van der Waals surface area contributed by atoms with E-state index in [0.29, 0.717) is 34.8 Å². The first kappa shape index (κ1) is 19.5. The highest BCUT2D eigenvalue weighted by atomic mass is 16.5. The third kappa shape index (κ3) is 3.38. The number of rotatable bonds is 5. The van der Waals surface area contributed by atoms with E-state index in [0.717, 1.165) is 11.3 Å². The van der Waals surface area contributed by atoms with Crippen LogP contribution in [0, 0.1) is 6.07 Å². The monoisotopic (exact) mass is 423 g/mol. The number of benzene rings is 3. The van der Waals surface area contributed by atoms with E-state index in [1.165, 1.54) is 15.5 Å². The molecule has 0 bridgehead atoms. The number of anilines is 1. The highest BCUT2D eigenvalue weighted by Crippen LogP contribution is 2.26. The molecule has 1 radical (unpaired) electrons. The second-order valence-electron chi connectivity index (χ2n) is 7.10. The Kier molecular flexibility index (Phi) is 4.89. The van der Waals surface area contributed by atoms with Gasteiger partial charge in [0.05, 0.1) is 11.4 Å². The predicted octanol–water partition coefficient (Wildman–Crippen LogP) is 3.20. The van der Waals surface area contributed by atoms with E-state index in [2.05, 4.69) is 16.0 Å². The van der Waals surface area contributed by atoms with Crippen LogP contribution >= 0.6 is 0 Å². The molecule has 2 heterocycles. The molecule has 0 saturated carbocycles. The second kappa shape index (κ2) is 8.01. The molecule has 0 amide bonds. The fraction of sp³-hybridized carbons (Fsp3) is 0.0417. The summed E-state index contributed by atoms with van der Waals surface area (Å²) < 4.78 is 8.83. The van der Waals surface area contributed by atoms with Crippen molar-refractivity contribution in [2.24, 2.45) is 5.73 Å². The summed E-state index contributed by atoms with van der Waals surface area (Å²) in [6.07, 6.45) is 1.34. The molecule has 0 spiro atoms. The summed E-state index contributed by atoms with van der Waals surface area (Å²) in [6, 6.07) is 25.0. The van der Waals surface area contributed by atoms with Gasteiger partial charge in [0.25, 0.3) is 0 Å². The maximum atomic E-state index is 13.5. The van der Waals surface area contributed by atoms with Crippen LogP contribution < -0.4 is 21.9 Å². The Morgan fingerprint density at radius 1 is 0.906 bits per heavy atom. The van der Waals surface area contributed by atoms with Crippen LogP contribution in [0.25, 0.3) is 22.5 Å². The van der Waals surface area contributed by atoms with Gasteiger partial charge in [-0.2, -0.15) is 0 Å². The maximum Gasteiger partial charge on any atom is 0.339 e. The first-order valence-electron chi connectivity index (χ1n) is 9.93. The Morgan fingerprint density at radius 2 is 1.66 bits per heavy atom. The van der Waals surface area contributed by atoms with E-state index >= 15 is 0 Å². The normalized spacial score (nSPS) is 11.0. The minimum Gasteiger partial charge on any atom is -0.457 e. The van der Waals surface area contributed by atoms with Crippen LogP contribution in [0.1, 0.15) is 5.56 Å². The van der Waals surface area contributed by atoms with Gasteiger partial charge in [-0.3, -0.25) is 4.57 Å². The van der Waals surface area contributed by atoms with Gasteiger partial charge in [0.15, 0.2) is 11.5 Å². The van der Waals surface area contributed by atoms with Crippen molar-refractivity contribution in [3.63, 3.8) is 0 Å². The Morgan fingerprint density at radius 3 is 2.41 bits per heavy atom. The quantitative estimate of drug-likeness (QED) is 0.449. The number of imidazole rings is 1. The van der Waals surface area contributed by atoms with E-state index in [-0.39, 0.29) is 11.5 Å². The average molecular weight is 423 g/mol. The number of aromatic nitrogens is 4. The summed E-state index contributed by atoms with van der Waals surface area (Å²) in [7, 11) is 0. The molecule has 0 saturated heterocycles. The van der Waals surface area contributed by atoms with E-state index in [4.69, 9.17) is 16.2 Å². The average Bonchev–Trinajstić information content (AvgIpc) is 3.13. The van der Waals surface area contributed by atoms with Gasteiger partial charge in [0, 0.05) is 6.54 Å². The van der Waals surface area contributed by atoms with Crippen LogP contribution in [0.15, 0.2) is 83.9 Å². The molecule has 0 fully saturated rings. The molecule has 8 nitrogen and oxygen atoms in total. The molecular formula is C24H19N6O2. The van der Waals surface area contributed by atoms with Crippen molar-refractivity contribution in [3.8, 4) is 22.9 Å². The summed E-state index contributed by atoms with van der Waals surface area (Å²) in [5, 5.41) is 0. The Labute approximate surface area is 183 Å². The first-order valence-corrected chi connectivity index (χ1v) is 9.93. The fourth-order valence-electron chi connectivity index (χ4n) is 3.56. The van der Waals surface area contributed by atoms with Gasteiger partial charge in [0.1, 0.15) is 23.3 Å². The molecule has 0 aliphatic heterocycles. The number of ether oxygens (including phenoxy) is 1. The Balaban J connectivity index is 1.65. The zero-order valence-corrected chi connectivity index (χ0v) is 17.0. The first-order chi connectivity index (χ1) is 15.7. The number of para-hydroxylation sites is 1. The molecule has 3 aromatic carbocycles.